The minimum absolute atomic E-state index is 0.666. The molecule has 0 aromatic carbocycles. The van der Waals surface area contributed by atoms with Crippen molar-refractivity contribution in [2.45, 2.75) is 18.6 Å². The highest BCUT2D eigenvalue weighted by atomic mass is 32.2. The molecule has 1 heterocycles. The van der Waals surface area contributed by atoms with Crippen LogP contribution in [-0.2, 0) is 0 Å². The van der Waals surface area contributed by atoms with Gasteiger partial charge in [0.25, 0.3) is 0 Å². The lowest BCUT2D eigenvalue weighted by Crippen LogP contribution is -2.26. The first-order valence-corrected chi connectivity index (χ1v) is 6.07. The molecule has 1 aliphatic rings. The molecule has 1 fully saturated rings. The quantitative estimate of drug-likeness (QED) is 0.697. The van der Waals surface area contributed by atoms with Crippen LogP contribution in [0.5, 0.6) is 0 Å². The molecule has 2 N–H and O–H groups in total. The standard InChI is InChI=1S/C10H20N2S/c1-10-4-7-12(8-9-13-10)6-3-2-5-11/h2-3,10H,4-9,11H2,1H3/b3-2+. The largest absolute Gasteiger partial charge is 0.327 e. The smallest absolute Gasteiger partial charge is 0.0164 e. The van der Waals surface area contributed by atoms with Crippen LogP contribution in [0.2, 0.25) is 0 Å². The van der Waals surface area contributed by atoms with Gasteiger partial charge in [-0.25, -0.2) is 0 Å². The monoisotopic (exact) mass is 200 g/mol. The van der Waals surface area contributed by atoms with E-state index in [1.165, 1.54) is 25.3 Å². The normalized spacial score (nSPS) is 26.5. The van der Waals surface area contributed by atoms with Gasteiger partial charge in [0.2, 0.25) is 0 Å². The average molecular weight is 200 g/mol. The van der Waals surface area contributed by atoms with Crippen molar-refractivity contribution in [1.29, 1.82) is 0 Å². The van der Waals surface area contributed by atoms with E-state index in [-0.39, 0.29) is 0 Å². The van der Waals surface area contributed by atoms with Crippen LogP contribution in [0, 0.1) is 0 Å². The van der Waals surface area contributed by atoms with Gasteiger partial charge in [0, 0.05) is 30.6 Å². The number of rotatable bonds is 3. The van der Waals surface area contributed by atoms with Gasteiger partial charge < -0.3 is 5.73 Å². The van der Waals surface area contributed by atoms with Gasteiger partial charge in [-0.2, -0.15) is 11.8 Å². The van der Waals surface area contributed by atoms with Crippen molar-refractivity contribution >= 4 is 11.8 Å². The Morgan fingerprint density at radius 2 is 2.31 bits per heavy atom. The number of thioether (sulfide) groups is 1. The Morgan fingerprint density at radius 3 is 3.08 bits per heavy atom. The van der Waals surface area contributed by atoms with E-state index in [1.807, 2.05) is 6.08 Å². The van der Waals surface area contributed by atoms with Crippen LogP contribution in [0.25, 0.3) is 0 Å². The van der Waals surface area contributed by atoms with Crippen LogP contribution in [-0.4, -0.2) is 42.1 Å². The molecule has 1 saturated heterocycles. The number of hydrogen-bond acceptors (Lipinski definition) is 3. The van der Waals surface area contributed by atoms with E-state index in [9.17, 15) is 0 Å². The van der Waals surface area contributed by atoms with Gasteiger partial charge in [-0.05, 0) is 13.0 Å². The molecule has 3 heteroatoms. The summed E-state index contributed by atoms with van der Waals surface area (Å²) in [6.45, 7) is 6.53. The minimum atomic E-state index is 0.666. The second-order valence-corrected chi connectivity index (χ2v) is 5.02. The van der Waals surface area contributed by atoms with E-state index in [4.69, 9.17) is 5.73 Å². The van der Waals surface area contributed by atoms with Crippen molar-refractivity contribution < 1.29 is 0 Å². The summed E-state index contributed by atoms with van der Waals surface area (Å²) in [6, 6.07) is 0. The first-order valence-electron chi connectivity index (χ1n) is 5.02. The fourth-order valence-corrected chi connectivity index (χ4v) is 2.48. The summed E-state index contributed by atoms with van der Waals surface area (Å²) in [5, 5.41) is 0.837. The summed E-state index contributed by atoms with van der Waals surface area (Å²) >= 11 is 2.09. The lowest BCUT2D eigenvalue weighted by molar-refractivity contribution is 0.322. The number of nitrogens with zero attached hydrogens (tertiary/aromatic N) is 1. The zero-order chi connectivity index (χ0) is 9.52. The summed E-state index contributed by atoms with van der Waals surface area (Å²) < 4.78 is 0. The topological polar surface area (TPSA) is 29.3 Å². The van der Waals surface area contributed by atoms with Crippen molar-refractivity contribution in [2.75, 3.05) is 31.9 Å². The lowest BCUT2D eigenvalue weighted by Gasteiger charge is -2.16. The second-order valence-electron chi connectivity index (χ2n) is 3.48. The number of hydrogen-bond donors (Lipinski definition) is 1. The molecular formula is C10H20N2S. The molecule has 0 spiro atoms. The van der Waals surface area contributed by atoms with Crippen molar-refractivity contribution in [3.63, 3.8) is 0 Å². The van der Waals surface area contributed by atoms with Gasteiger partial charge in [0.05, 0.1) is 0 Å². The van der Waals surface area contributed by atoms with Crippen LogP contribution >= 0.6 is 11.8 Å². The molecule has 0 aromatic rings. The summed E-state index contributed by atoms with van der Waals surface area (Å²) in [6.07, 6.45) is 5.54. The third-order valence-electron chi connectivity index (χ3n) is 2.33. The highest BCUT2D eigenvalue weighted by Crippen LogP contribution is 2.18. The van der Waals surface area contributed by atoms with Gasteiger partial charge >= 0.3 is 0 Å². The number of nitrogens with two attached hydrogens (primary N) is 1. The predicted molar refractivity (Wildman–Crippen MR) is 61.2 cm³/mol. The van der Waals surface area contributed by atoms with E-state index >= 15 is 0 Å². The van der Waals surface area contributed by atoms with E-state index in [0.717, 1.165) is 11.8 Å². The van der Waals surface area contributed by atoms with Gasteiger partial charge in [-0.15, -0.1) is 0 Å². The fraction of sp³-hybridized carbons (Fsp3) is 0.800. The third kappa shape index (κ3) is 4.69. The Bertz CT molecular complexity index is 159. The molecule has 0 bridgehead atoms. The SMILES string of the molecule is CC1CCN(C/C=C/CN)CCS1. The van der Waals surface area contributed by atoms with E-state index in [0.29, 0.717) is 6.54 Å². The highest BCUT2D eigenvalue weighted by Gasteiger charge is 2.12. The van der Waals surface area contributed by atoms with E-state index in [2.05, 4.69) is 29.7 Å². The van der Waals surface area contributed by atoms with Gasteiger partial charge in [-0.1, -0.05) is 19.1 Å². The molecule has 76 valence electrons. The highest BCUT2D eigenvalue weighted by molar-refractivity contribution is 7.99. The molecular weight excluding hydrogens is 180 g/mol. The second kappa shape index (κ2) is 6.46. The van der Waals surface area contributed by atoms with Gasteiger partial charge in [0.1, 0.15) is 0 Å². The summed E-state index contributed by atoms with van der Waals surface area (Å²) in [5.74, 6) is 1.28. The van der Waals surface area contributed by atoms with Crippen molar-refractivity contribution in [3.8, 4) is 0 Å². The summed E-state index contributed by atoms with van der Waals surface area (Å²) in [7, 11) is 0. The molecule has 1 rings (SSSR count). The van der Waals surface area contributed by atoms with Crippen LogP contribution < -0.4 is 5.73 Å². The first-order chi connectivity index (χ1) is 6.33. The molecule has 13 heavy (non-hydrogen) atoms. The molecule has 0 aliphatic carbocycles. The summed E-state index contributed by atoms with van der Waals surface area (Å²) in [4.78, 5) is 2.50. The Hall–Kier alpha value is 0.01000. The fourth-order valence-electron chi connectivity index (χ4n) is 1.44. The lowest BCUT2D eigenvalue weighted by atomic mass is 10.3. The molecule has 0 aromatic heterocycles. The Morgan fingerprint density at radius 1 is 1.46 bits per heavy atom. The molecule has 2 nitrogen and oxygen atoms in total. The molecule has 0 radical (unpaired) electrons. The van der Waals surface area contributed by atoms with Crippen molar-refractivity contribution in [1.82, 2.24) is 4.90 Å². The maximum absolute atomic E-state index is 5.39. The molecule has 0 amide bonds. The van der Waals surface area contributed by atoms with E-state index < -0.39 is 0 Å². The maximum atomic E-state index is 5.39. The summed E-state index contributed by atoms with van der Waals surface area (Å²) in [5.41, 5.74) is 5.39. The van der Waals surface area contributed by atoms with Gasteiger partial charge in [-0.3, -0.25) is 4.90 Å². The van der Waals surface area contributed by atoms with Crippen LogP contribution in [0.3, 0.4) is 0 Å². The predicted octanol–water partition coefficient (Wildman–Crippen LogP) is 1.33. The Balaban J connectivity index is 2.21. The molecule has 1 unspecified atom stereocenters. The Kier molecular flexibility index (Phi) is 5.51. The zero-order valence-corrected chi connectivity index (χ0v) is 9.22. The molecule has 1 aliphatic heterocycles. The molecule has 1 atom stereocenters. The van der Waals surface area contributed by atoms with Crippen molar-refractivity contribution in [3.05, 3.63) is 12.2 Å². The maximum Gasteiger partial charge on any atom is 0.0164 e. The minimum Gasteiger partial charge on any atom is -0.327 e. The van der Waals surface area contributed by atoms with Crippen molar-refractivity contribution in [2.24, 2.45) is 5.73 Å². The molecule has 0 saturated carbocycles. The third-order valence-corrected chi connectivity index (χ3v) is 3.55. The first kappa shape index (κ1) is 11.1. The van der Waals surface area contributed by atoms with Crippen LogP contribution in [0.15, 0.2) is 12.2 Å². The zero-order valence-electron chi connectivity index (χ0n) is 8.41. The van der Waals surface area contributed by atoms with E-state index in [1.54, 1.807) is 0 Å². The van der Waals surface area contributed by atoms with Gasteiger partial charge in [0.15, 0.2) is 0 Å². The average Bonchev–Trinajstić information content (AvgIpc) is 2.32. The van der Waals surface area contributed by atoms with Crippen LogP contribution in [0.1, 0.15) is 13.3 Å². The Labute approximate surface area is 85.6 Å². The van der Waals surface area contributed by atoms with Crippen LogP contribution in [0.4, 0.5) is 0 Å².